The fourth-order valence-corrected chi connectivity index (χ4v) is 3.43. The van der Waals surface area contributed by atoms with Gasteiger partial charge >= 0.3 is 0 Å². The van der Waals surface area contributed by atoms with E-state index in [4.69, 9.17) is 5.73 Å². The number of likely N-dealkylation sites (tertiary alicyclic amines) is 1. The molecule has 0 radical (unpaired) electrons. The van der Waals surface area contributed by atoms with Gasteiger partial charge in [-0.1, -0.05) is 29.7 Å². The fraction of sp³-hybridized carbons (Fsp3) is 0.650. The number of carbonyl (C=O) groups excluding carboxylic acids is 4. The van der Waals surface area contributed by atoms with Crippen LogP contribution in [0.25, 0.3) is 0 Å². The van der Waals surface area contributed by atoms with Crippen molar-refractivity contribution < 1.29 is 19.2 Å². The van der Waals surface area contributed by atoms with E-state index in [2.05, 4.69) is 20.6 Å². The second-order valence-electron chi connectivity index (χ2n) is 6.59. The van der Waals surface area contributed by atoms with Gasteiger partial charge in [-0.3, -0.25) is 19.2 Å². The number of carbonyl (C=O) groups is 4. The minimum absolute atomic E-state index is 0. The summed E-state index contributed by atoms with van der Waals surface area (Å²) >= 11 is 0. The molecule has 4 atom stereocenters. The largest absolute Gasteiger partial charge is 0.368 e. The van der Waals surface area contributed by atoms with E-state index in [1.54, 1.807) is 6.20 Å². The molecule has 2 aliphatic rings. The number of H-pyrrole nitrogens is 1. The first-order chi connectivity index (χ1) is 12.5. The predicted molar refractivity (Wildman–Crippen MR) is 138 cm³/mol. The van der Waals surface area contributed by atoms with Crippen molar-refractivity contribution in [3.05, 3.63) is 18.2 Å². The average molecular weight is 495 g/mol. The number of nitrogens with zero attached hydrogens (tertiary/aromatic N) is 2. The standard InChI is InChI=1S/C16H22N6O4.4CH4.H3P.H2S/c17-14(24)12-2-1-5-22(12)16(26)11(6-9-7-18-8-19-9)21-15(25)10-3-4-13(23)20-10;;;;;;/h7-8,10-12H,1-6H2,(H2,17,24)(H,18,19)(H,20,23)(H,21,25);4*1H4;1H3;1H2. The van der Waals surface area contributed by atoms with Crippen molar-refractivity contribution in [2.24, 2.45) is 5.73 Å². The van der Waals surface area contributed by atoms with Crippen LogP contribution in [0.3, 0.4) is 0 Å². The Hall–Kier alpha value is -2.13. The molecule has 32 heavy (non-hydrogen) atoms. The van der Waals surface area contributed by atoms with Crippen LogP contribution in [-0.2, 0) is 25.6 Å². The highest BCUT2D eigenvalue weighted by atomic mass is 32.1. The Labute approximate surface area is 202 Å². The monoisotopic (exact) mass is 494 g/mol. The lowest BCUT2D eigenvalue weighted by Gasteiger charge is -2.28. The molecule has 4 amide bonds. The molecule has 2 aliphatic heterocycles. The third-order valence-corrected chi connectivity index (χ3v) is 4.77. The molecule has 0 aromatic carbocycles. The highest BCUT2D eigenvalue weighted by Crippen LogP contribution is 2.19. The predicted octanol–water partition coefficient (Wildman–Crippen LogP) is 0.907. The SMILES string of the molecule is C.C.C.C.NC(=O)C1CCCN1C(=O)C(Cc1cnc[nH]1)NC(=O)C1CCC(=O)N1.P.S. The number of aromatic nitrogens is 2. The first-order valence-corrected chi connectivity index (χ1v) is 8.62. The zero-order valence-corrected chi connectivity index (χ0v) is 17.9. The number of primary amides is 1. The summed E-state index contributed by atoms with van der Waals surface area (Å²) in [4.78, 5) is 56.6. The van der Waals surface area contributed by atoms with Crippen LogP contribution in [0.15, 0.2) is 12.5 Å². The van der Waals surface area contributed by atoms with Crippen molar-refractivity contribution in [2.45, 2.75) is 79.9 Å². The van der Waals surface area contributed by atoms with Gasteiger partial charge < -0.3 is 26.3 Å². The maximum Gasteiger partial charge on any atom is 0.246 e. The Morgan fingerprint density at radius 2 is 1.88 bits per heavy atom. The summed E-state index contributed by atoms with van der Waals surface area (Å²) in [7, 11) is 0. The van der Waals surface area contributed by atoms with Gasteiger partial charge in [0.15, 0.2) is 0 Å². The van der Waals surface area contributed by atoms with Gasteiger partial charge in [0.2, 0.25) is 23.6 Å². The van der Waals surface area contributed by atoms with Crippen molar-refractivity contribution in [3.8, 4) is 0 Å². The van der Waals surface area contributed by atoms with Crippen LogP contribution in [0.4, 0.5) is 0 Å². The molecule has 4 unspecified atom stereocenters. The Balaban J connectivity index is -0.000000653. The number of aromatic amines is 1. The van der Waals surface area contributed by atoms with Crippen LogP contribution < -0.4 is 16.4 Å². The molecule has 1 aromatic heterocycles. The number of imidazole rings is 1. The summed E-state index contributed by atoms with van der Waals surface area (Å²) in [5.41, 5.74) is 6.07. The van der Waals surface area contributed by atoms with Crippen molar-refractivity contribution in [2.75, 3.05) is 6.54 Å². The highest BCUT2D eigenvalue weighted by molar-refractivity contribution is 7.59. The summed E-state index contributed by atoms with van der Waals surface area (Å²) in [6, 6.07) is -2.18. The van der Waals surface area contributed by atoms with Crippen molar-refractivity contribution in [1.82, 2.24) is 25.5 Å². The second-order valence-corrected chi connectivity index (χ2v) is 6.59. The van der Waals surface area contributed by atoms with E-state index in [1.165, 1.54) is 11.2 Å². The topological polar surface area (TPSA) is 150 Å². The average Bonchev–Trinajstić information content (AvgIpc) is 3.34. The van der Waals surface area contributed by atoms with Crippen molar-refractivity contribution in [1.29, 1.82) is 0 Å². The Morgan fingerprint density at radius 1 is 1.22 bits per heavy atom. The van der Waals surface area contributed by atoms with Crippen LogP contribution in [0.5, 0.6) is 0 Å². The molecular weight excluding hydrogens is 451 g/mol. The molecule has 12 heteroatoms. The summed E-state index contributed by atoms with van der Waals surface area (Å²) in [5.74, 6) is -1.51. The van der Waals surface area contributed by atoms with Crippen LogP contribution in [-0.4, -0.2) is 63.2 Å². The summed E-state index contributed by atoms with van der Waals surface area (Å²) in [6.45, 7) is 0.419. The summed E-state index contributed by atoms with van der Waals surface area (Å²) < 4.78 is 0. The number of hydrogen-bond donors (Lipinski definition) is 4. The summed E-state index contributed by atoms with van der Waals surface area (Å²) in [5, 5.41) is 5.29. The van der Waals surface area contributed by atoms with E-state index >= 15 is 0 Å². The molecule has 0 bridgehead atoms. The molecule has 3 heterocycles. The van der Waals surface area contributed by atoms with E-state index in [9.17, 15) is 19.2 Å². The lowest BCUT2D eigenvalue weighted by molar-refractivity contribution is -0.140. The van der Waals surface area contributed by atoms with Gasteiger partial charge in [0.1, 0.15) is 18.1 Å². The first-order valence-electron chi connectivity index (χ1n) is 8.62. The lowest BCUT2D eigenvalue weighted by atomic mass is 10.1. The summed E-state index contributed by atoms with van der Waals surface area (Å²) in [6.07, 6.45) is 5.13. The maximum atomic E-state index is 13.0. The fourth-order valence-electron chi connectivity index (χ4n) is 3.43. The van der Waals surface area contributed by atoms with Gasteiger partial charge in [-0.15, -0.1) is 0 Å². The smallest absolute Gasteiger partial charge is 0.246 e. The molecule has 0 saturated carbocycles. The molecule has 0 spiro atoms. The molecule has 0 aliphatic carbocycles. The number of rotatable bonds is 6. The zero-order valence-electron chi connectivity index (χ0n) is 15.4. The minimum atomic E-state index is -0.875. The Kier molecular flexibility index (Phi) is 19.2. The van der Waals surface area contributed by atoms with Gasteiger partial charge in [-0.05, 0) is 19.3 Å². The molecule has 10 nitrogen and oxygen atoms in total. The maximum absolute atomic E-state index is 13.0. The second kappa shape index (κ2) is 16.5. The van der Waals surface area contributed by atoms with Gasteiger partial charge in [0.25, 0.3) is 0 Å². The molecule has 2 fully saturated rings. The van der Waals surface area contributed by atoms with Crippen LogP contribution in [0.1, 0.15) is 61.1 Å². The number of hydrogen-bond acceptors (Lipinski definition) is 5. The van der Waals surface area contributed by atoms with E-state index in [0.717, 1.165) is 0 Å². The van der Waals surface area contributed by atoms with Gasteiger partial charge in [-0.25, -0.2) is 4.98 Å². The Morgan fingerprint density at radius 3 is 2.38 bits per heavy atom. The highest BCUT2D eigenvalue weighted by Gasteiger charge is 2.38. The lowest BCUT2D eigenvalue weighted by Crippen LogP contribution is -2.56. The van der Waals surface area contributed by atoms with Gasteiger partial charge in [0, 0.05) is 31.3 Å². The van der Waals surface area contributed by atoms with Crippen molar-refractivity contribution in [3.63, 3.8) is 0 Å². The normalized spacial score (nSPS) is 19.1. The third kappa shape index (κ3) is 8.78. The molecule has 3 rings (SSSR count). The van der Waals surface area contributed by atoms with E-state index in [1.807, 2.05) is 0 Å². The number of amides is 4. The number of nitrogens with two attached hydrogens (primary N) is 1. The number of nitrogens with one attached hydrogen (secondary N) is 3. The molecule has 2 saturated heterocycles. The minimum Gasteiger partial charge on any atom is -0.368 e. The van der Waals surface area contributed by atoms with Crippen LogP contribution in [0.2, 0.25) is 0 Å². The van der Waals surface area contributed by atoms with Gasteiger partial charge in [-0.2, -0.15) is 23.4 Å². The van der Waals surface area contributed by atoms with Crippen molar-refractivity contribution >= 4 is 47.0 Å². The van der Waals surface area contributed by atoms with Crippen LogP contribution >= 0.6 is 23.4 Å². The zero-order chi connectivity index (χ0) is 18.7. The first kappa shape index (κ1) is 37.2. The Bertz CT molecular complexity index is 719. The van der Waals surface area contributed by atoms with Crippen LogP contribution in [0, 0.1) is 0 Å². The van der Waals surface area contributed by atoms with E-state index in [0.29, 0.717) is 31.5 Å². The van der Waals surface area contributed by atoms with E-state index in [-0.39, 0.29) is 77.8 Å². The third-order valence-electron chi connectivity index (χ3n) is 4.77. The molecule has 5 N–H and O–H groups in total. The quantitative estimate of drug-likeness (QED) is 0.434. The molecule has 188 valence electrons. The molecule has 1 aromatic rings. The van der Waals surface area contributed by atoms with E-state index < -0.39 is 29.9 Å². The van der Waals surface area contributed by atoms with Gasteiger partial charge in [0.05, 0.1) is 6.33 Å². The molecular formula is C20H43N6O4PS.